The van der Waals surface area contributed by atoms with Crippen LogP contribution in [0, 0.1) is 0 Å². The normalized spacial score (nSPS) is 14.6. The molecule has 1 aromatic carbocycles. The van der Waals surface area contributed by atoms with E-state index in [9.17, 15) is 4.79 Å². The summed E-state index contributed by atoms with van der Waals surface area (Å²) in [6, 6.07) is 10.1. The minimum absolute atomic E-state index is 0.262. The Bertz CT molecular complexity index is 1300. The van der Waals surface area contributed by atoms with Crippen molar-refractivity contribution < 1.29 is 9.53 Å². The van der Waals surface area contributed by atoms with E-state index >= 15 is 0 Å². The van der Waals surface area contributed by atoms with Crippen molar-refractivity contribution in [2.75, 3.05) is 36.8 Å². The molecule has 0 aliphatic carbocycles. The first kappa shape index (κ1) is 22.5. The highest BCUT2D eigenvalue weighted by Crippen LogP contribution is 2.37. The maximum atomic E-state index is 12.3. The topological polar surface area (TPSA) is 97.5 Å². The third-order valence-corrected chi connectivity index (χ3v) is 7.60. The number of benzene rings is 1. The molecular weight excluding hydrogens is 468 g/mol. The first-order valence-electron chi connectivity index (χ1n) is 11.1. The van der Waals surface area contributed by atoms with Gasteiger partial charge in [0.25, 0.3) is 0 Å². The number of thiazole rings is 2. The van der Waals surface area contributed by atoms with E-state index in [2.05, 4.69) is 20.9 Å². The fourth-order valence-electron chi connectivity index (χ4n) is 3.72. The number of anilines is 2. The quantitative estimate of drug-likeness (QED) is 0.422. The van der Waals surface area contributed by atoms with Crippen molar-refractivity contribution in [2.45, 2.75) is 26.4 Å². The molecule has 10 heteroatoms. The summed E-state index contributed by atoms with van der Waals surface area (Å²) in [5.74, 6) is 0.464. The number of amides is 1. The molecule has 1 saturated heterocycles. The largest absolute Gasteiger partial charge is 0.444 e. The molecule has 0 bridgehead atoms. The van der Waals surface area contributed by atoms with Crippen molar-refractivity contribution in [1.82, 2.24) is 19.9 Å². The lowest BCUT2D eigenvalue weighted by atomic mass is 10.2. The standard InChI is InChI=1S/C24H26N6O2S2/c1-24(2,3)32-23(31)30-10-8-29(9-11-30)22-27-14-19(34-22)15-12-16(20(25)26-13-15)21-28-17-6-4-5-7-18(17)33-21/h4-7,12-14H,8-11H2,1-3H3,(H2,25,26). The summed E-state index contributed by atoms with van der Waals surface area (Å²) in [7, 11) is 0. The molecule has 0 saturated carbocycles. The third kappa shape index (κ3) is 4.69. The van der Waals surface area contributed by atoms with Gasteiger partial charge >= 0.3 is 6.09 Å². The van der Waals surface area contributed by atoms with Crippen molar-refractivity contribution in [3.05, 3.63) is 42.7 Å². The molecule has 2 N–H and O–H groups in total. The number of rotatable bonds is 3. The van der Waals surface area contributed by atoms with E-state index < -0.39 is 5.60 Å². The van der Waals surface area contributed by atoms with Gasteiger partial charge in [-0.15, -0.1) is 11.3 Å². The van der Waals surface area contributed by atoms with Crippen LogP contribution in [0.15, 0.2) is 42.7 Å². The number of fused-ring (bicyclic) bond motifs is 1. The Kier molecular flexibility index (Phi) is 5.86. The Balaban J connectivity index is 1.32. The van der Waals surface area contributed by atoms with Crippen LogP contribution in [0.1, 0.15) is 20.8 Å². The van der Waals surface area contributed by atoms with Crippen LogP contribution in [0.25, 0.3) is 31.2 Å². The molecule has 4 heterocycles. The number of nitrogens with zero attached hydrogens (tertiary/aromatic N) is 5. The van der Waals surface area contributed by atoms with Crippen molar-refractivity contribution in [3.63, 3.8) is 0 Å². The van der Waals surface area contributed by atoms with Gasteiger partial charge in [-0.1, -0.05) is 23.5 Å². The molecule has 176 valence electrons. The molecule has 0 atom stereocenters. The predicted molar refractivity (Wildman–Crippen MR) is 138 cm³/mol. The van der Waals surface area contributed by atoms with Gasteiger partial charge in [0.1, 0.15) is 16.4 Å². The summed E-state index contributed by atoms with van der Waals surface area (Å²) in [6.45, 7) is 8.28. The molecule has 34 heavy (non-hydrogen) atoms. The van der Waals surface area contributed by atoms with Crippen LogP contribution >= 0.6 is 22.7 Å². The zero-order valence-corrected chi connectivity index (χ0v) is 20.9. The average molecular weight is 495 g/mol. The van der Waals surface area contributed by atoms with Crippen molar-refractivity contribution in [1.29, 1.82) is 0 Å². The van der Waals surface area contributed by atoms with Crippen LogP contribution in [0.5, 0.6) is 0 Å². The van der Waals surface area contributed by atoms with E-state index in [0.29, 0.717) is 32.0 Å². The van der Waals surface area contributed by atoms with Crippen LogP contribution in [0.3, 0.4) is 0 Å². The van der Waals surface area contributed by atoms with Gasteiger partial charge in [-0.05, 0) is 39.0 Å². The lowest BCUT2D eigenvalue weighted by Gasteiger charge is -2.35. The molecule has 3 aromatic heterocycles. The van der Waals surface area contributed by atoms with E-state index in [1.54, 1.807) is 33.8 Å². The maximum absolute atomic E-state index is 12.3. The molecule has 0 spiro atoms. The second-order valence-corrected chi connectivity index (χ2v) is 11.1. The van der Waals surface area contributed by atoms with Gasteiger partial charge in [0.05, 0.1) is 20.7 Å². The number of pyridine rings is 1. The number of aromatic nitrogens is 3. The Hall–Kier alpha value is -3.24. The lowest BCUT2D eigenvalue weighted by Crippen LogP contribution is -2.50. The van der Waals surface area contributed by atoms with Crippen LogP contribution in [-0.2, 0) is 4.74 Å². The van der Waals surface area contributed by atoms with Crippen molar-refractivity contribution in [3.8, 4) is 21.0 Å². The molecule has 1 aliphatic rings. The van der Waals surface area contributed by atoms with Crippen molar-refractivity contribution in [2.24, 2.45) is 0 Å². The Morgan fingerprint density at radius 1 is 1.06 bits per heavy atom. The fourth-order valence-corrected chi connectivity index (χ4v) is 5.66. The van der Waals surface area contributed by atoms with Gasteiger partial charge in [0, 0.05) is 44.1 Å². The molecule has 4 aromatic rings. The number of nitrogen functional groups attached to an aromatic ring is 1. The second-order valence-electron chi connectivity index (χ2n) is 9.11. The minimum Gasteiger partial charge on any atom is -0.444 e. The first-order chi connectivity index (χ1) is 16.3. The van der Waals surface area contributed by atoms with Crippen LogP contribution in [0.2, 0.25) is 0 Å². The fraction of sp³-hybridized carbons (Fsp3) is 0.333. The summed E-state index contributed by atoms with van der Waals surface area (Å²) < 4.78 is 6.61. The van der Waals surface area contributed by atoms with E-state index in [1.165, 1.54) is 0 Å². The molecule has 1 fully saturated rings. The molecular formula is C24H26N6O2S2. The number of hydrogen-bond acceptors (Lipinski definition) is 9. The Morgan fingerprint density at radius 2 is 1.82 bits per heavy atom. The van der Waals surface area contributed by atoms with Gasteiger partial charge in [0.15, 0.2) is 5.13 Å². The highest BCUT2D eigenvalue weighted by Gasteiger charge is 2.27. The lowest BCUT2D eigenvalue weighted by molar-refractivity contribution is 0.0240. The number of nitrogens with two attached hydrogens (primary N) is 1. The third-order valence-electron chi connectivity index (χ3n) is 5.42. The van der Waals surface area contributed by atoms with Gasteiger partial charge in [-0.2, -0.15) is 0 Å². The second kappa shape index (κ2) is 8.84. The molecule has 8 nitrogen and oxygen atoms in total. The number of carbonyl (C=O) groups excluding carboxylic acids is 1. The Morgan fingerprint density at radius 3 is 2.56 bits per heavy atom. The van der Waals surface area contributed by atoms with Crippen LogP contribution in [0.4, 0.5) is 15.7 Å². The minimum atomic E-state index is -0.490. The molecule has 0 unspecified atom stereocenters. The predicted octanol–water partition coefficient (Wildman–Crippen LogP) is 5.12. The van der Waals surface area contributed by atoms with Gasteiger partial charge in [0.2, 0.25) is 0 Å². The smallest absolute Gasteiger partial charge is 0.410 e. The molecule has 1 aliphatic heterocycles. The average Bonchev–Trinajstić information content (AvgIpc) is 3.46. The number of ether oxygens (including phenoxy) is 1. The van der Waals surface area contributed by atoms with Crippen LogP contribution in [-0.4, -0.2) is 57.7 Å². The molecule has 1 amide bonds. The van der Waals surface area contributed by atoms with E-state index in [4.69, 9.17) is 15.5 Å². The molecule has 5 rings (SSSR count). The van der Waals surface area contributed by atoms with Gasteiger partial charge < -0.3 is 20.3 Å². The van der Waals surface area contributed by atoms with Gasteiger partial charge in [-0.25, -0.2) is 19.7 Å². The van der Waals surface area contributed by atoms with Crippen LogP contribution < -0.4 is 10.6 Å². The number of para-hydroxylation sites is 1. The Labute approximate surface area is 206 Å². The summed E-state index contributed by atoms with van der Waals surface area (Å²) in [6.07, 6.45) is 3.39. The zero-order chi connectivity index (χ0) is 23.9. The highest BCUT2D eigenvalue weighted by atomic mass is 32.1. The van der Waals surface area contributed by atoms with Gasteiger partial charge in [-0.3, -0.25) is 0 Å². The SMILES string of the molecule is CC(C)(C)OC(=O)N1CCN(c2ncc(-c3cnc(N)c(-c4nc5ccccc5s4)c3)s2)CC1. The van der Waals surface area contributed by atoms with E-state index in [1.807, 2.05) is 51.2 Å². The summed E-state index contributed by atoms with van der Waals surface area (Å²) >= 11 is 3.22. The summed E-state index contributed by atoms with van der Waals surface area (Å²) in [4.78, 5) is 31.1. The number of piperazine rings is 1. The van der Waals surface area contributed by atoms with E-state index in [0.717, 1.165) is 36.4 Å². The summed E-state index contributed by atoms with van der Waals surface area (Å²) in [5.41, 5.74) is 8.47. The molecule has 0 radical (unpaired) electrons. The number of carbonyl (C=O) groups is 1. The van der Waals surface area contributed by atoms with Crippen molar-refractivity contribution >= 4 is 49.9 Å². The monoisotopic (exact) mass is 494 g/mol. The zero-order valence-electron chi connectivity index (χ0n) is 19.3. The maximum Gasteiger partial charge on any atom is 0.410 e. The first-order valence-corrected chi connectivity index (χ1v) is 12.7. The van der Waals surface area contributed by atoms with E-state index in [-0.39, 0.29) is 6.09 Å². The number of hydrogen-bond donors (Lipinski definition) is 1. The highest BCUT2D eigenvalue weighted by molar-refractivity contribution is 7.21. The summed E-state index contributed by atoms with van der Waals surface area (Å²) in [5, 5.41) is 1.79.